The lowest BCUT2D eigenvalue weighted by Gasteiger charge is -2.36. The van der Waals surface area contributed by atoms with Gasteiger partial charge in [0.2, 0.25) is 0 Å². The minimum Gasteiger partial charge on any atom is -0.493 e. The fourth-order valence-corrected chi connectivity index (χ4v) is 6.61. The molecule has 0 aliphatic carbocycles. The van der Waals surface area contributed by atoms with Gasteiger partial charge in [0.25, 0.3) is 10.0 Å². The molecule has 7 nitrogen and oxygen atoms in total. The van der Waals surface area contributed by atoms with Crippen molar-refractivity contribution in [2.24, 2.45) is 5.92 Å². The summed E-state index contributed by atoms with van der Waals surface area (Å²) in [5, 5.41) is 3.66. The van der Waals surface area contributed by atoms with Crippen molar-refractivity contribution in [1.82, 2.24) is 0 Å². The van der Waals surface area contributed by atoms with Gasteiger partial charge in [-0.3, -0.25) is 9.52 Å². The van der Waals surface area contributed by atoms with Crippen LogP contribution in [-0.2, 0) is 21.2 Å². The SMILES string of the molecule is CCC(=O)c1cccc(NS(=O)(=O)c2ccc3c(c2)[C@H]2OCC[C@H]2C(c2ccc4c(c2)CCO4)N3)c1. The van der Waals surface area contributed by atoms with Gasteiger partial charge in [-0.2, -0.15) is 0 Å². The monoisotopic (exact) mass is 504 g/mol. The molecule has 3 aromatic rings. The standard InChI is InChI=1S/C28H28N2O5S/c1-2-25(31)17-4-3-5-20(15-17)30-36(32,33)21-7-8-24-23(16-21)28-22(11-13-35-28)27(29-24)19-6-9-26-18(14-19)10-12-34-26/h3-9,14-16,22,27-30H,2,10-13H2,1H3/t22-,27?,28-/m0/s1. The minimum absolute atomic E-state index is 0.0363. The number of hydrogen-bond donors (Lipinski definition) is 2. The predicted octanol–water partition coefficient (Wildman–Crippen LogP) is 5.26. The molecule has 1 saturated heterocycles. The van der Waals surface area contributed by atoms with Crippen LogP contribution in [0.3, 0.4) is 0 Å². The average Bonchev–Trinajstić information content (AvgIpc) is 3.57. The van der Waals surface area contributed by atoms with Gasteiger partial charge in [0.1, 0.15) is 5.75 Å². The van der Waals surface area contributed by atoms with Crippen molar-refractivity contribution >= 4 is 27.2 Å². The molecule has 8 heteroatoms. The Bertz CT molecular complexity index is 1450. The molecular weight excluding hydrogens is 476 g/mol. The van der Waals surface area contributed by atoms with Crippen LogP contribution in [0, 0.1) is 5.92 Å². The number of ketones is 1. The number of carbonyl (C=O) groups is 1. The molecule has 1 unspecified atom stereocenters. The number of benzene rings is 3. The van der Waals surface area contributed by atoms with E-state index in [1.54, 1.807) is 43.3 Å². The largest absolute Gasteiger partial charge is 0.493 e. The van der Waals surface area contributed by atoms with Crippen LogP contribution >= 0.6 is 0 Å². The molecular formula is C28H28N2O5S. The van der Waals surface area contributed by atoms with Gasteiger partial charge in [-0.15, -0.1) is 0 Å². The Kier molecular flexibility index (Phi) is 5.73. The van der Waals surface area contributed by atoms with Gasteiger partial charge in [-0.1, -0.05) is 25.1 Å². The Morgan fingerprint density at radius 1 is 1.08 bits per heavy atom. The van der Waals surface area contributed by atoms with Crippen molar-refractivity contribution in [1.29, 1.82) is 0 Å². The molecule has 186 valence electrons. The molecule has 3 aliphatic rings. The van der Waals surface area contributed by atoms with Gasteiger partial charge in [0.05, 0.1) is 23.6 Å². The molecule has 36 heavy (non-hydrogen) atoms. The Balaban J connectivity index is 1.30. The summed E-state index contributed by atoms with van der Waals surface area (Å²) in [6, 6.07) is 18.2. The van der Waals surface area contributed by atoms with Crippen LogP contribution in [0.15, 0.2) is 65.6 Å². The van der Waals surface area contributed by atoms with E-state index in [-0.39, 0.29) is 28.7 Å². The average molecular weight is 505 g/mol. The summed E-state index contributed by atoms with van der Waals surface area (Å²) in [5.74, 6) is 1.12. The van der Waals surface area contributed by atoms with E-state index in [1.165, 1.54) is 11.1 Å². The van der Waals surface area contributed by atoms with E-state index in [0.717, 1.165) is 36.4 Å². The van der Waals surface area contributed by atoms with Crippen LogP contribution in [0.2, 0.25) is 0 Å². The fraction of sp³-hybridized carbons (Fsp3) is 0.321. The normalized spacial score (nSPS) is 22.1. The van der Waals surface area contributed by atoms with Crippen molar-refractivity contribution in [2.75, 3.05) is 23.3 Å². The molecule has 6 rings (SSSR count). The first-order valence-corrected chi connectivity index (χ1v) is 13.8. The highest BCUT2D eigenvalue weighted by Crippen LogP contribution is 2.50. The topological polar surface area (TPSA) is 93.7 Å². The summed E-state index contributed by atoms with van der Waals surface area (Å²) < 4.78 is 41.0. The lowest BCUT2D eigenvalue weighted by Crippen LogP contribution is -2.29. The van der Waals surface area contributed by atoms with E-state index in [2.05, 4.69) is 22.2 Å². The van der Waals surface area contributed by atoms with Crippen LogP contribution in [0.1, 0.15) is 59.0 Å². The zero-order valence-electron chi connectivity index (χ0n) is 20.0. The molecule has 0 amide bonds. The second-order valence-electron chi connectivity index (χ2n) is 9.54. The van der Waals surface area contributed by atoms with Gasteiger partial charge in [0.15, 0.2) is 5.78 Å². The quantitative estimate of drug-likeness (QED) is 0.445. The third-order valence-corrected chi connectivity index (χ3v) is 8.73. The molecule has 0 radical (unpaired) electrons. The molecule has 1 fully saturated rings. The Hall–Kier alpha value is -3.36. The number of nitrogens with one attached hydrogen (secondary N) is 2. The van der Waals surface area contributed by atoms with Crippen LogP contribution in [-0.4, -0.2) is 27.4 Å². The van der Waals surface area contributed by atoms with Crippen molar-refractivity contribution in [2.45, 2.75) is 43.2 Å². The summed E-state index contributed by atoms with van der Waals surface area (Å²) >= 11 is 0. The molecule has 0 spiro atoms. The van der Waals surface area contributed by atoms with Gasteiger partial charge >= 0.3 is 0 Å². The van der Waals surface area contributed by atoms with Crippen LogP contribution in [0.5, 0.6) is 5.75 Å². The summed E-state index contributed by atoms with van der Waals surface area (Å²) in [7, 11) is -3.86. The smallest absolute Gasteiger partial charge is 0.261 e. The van der Waals surface area contributed by atoms with Crippen molar-refractivity contribution in [3.05, 3.63) is 82.9 Å². The van der Waals surface area contributed by atoms with E-state index >= 15 is 0 Å². The van der Waals surface area contributed by atoms with Crippen LogP contribution < -0.4 is 14.8 Å². The molecule has 3 aromatic carbocycles. The van der Waals surface area contributed by atoms with Crippen molar-refractivity contribution in [3.8, 4) is 5.75 Å². The van der Waals surface area contributed by atoms with Crippen LogP contribution in [0.25, 0.3) is 0 Å². The second kappa shape index (κ2) is 8.94. The molecule has 3 aliphatic heterocycles. The van der Waals surface area contributed by atoms with Crippen molar-refractivity contribution < 1.29 is 22.7 Å². The van der Waals surface area contributed by atoms with E-state index in [9.17, 15) is 13.2 Å². The maximum absolute atomic E-state index is 13.3. The predicted molar refractivity (Wildman–Crippen MR) is 137 cm³/mol. The third kappa shape index (κ3) is 4.04. The van der Waals surface area contributed by atoms with Gasteiger partial charge in [-0.25, -0.2) is 8.42 Å². The Morgan fingerprint density at radius 3 is 2.83 bits per heavy atom. The maximum atomic E-state index is 13.3. The summed E-state index contributed by atoms with van der Waals surface area (Å²) in [6.45, 7) is 3.13. The fourth-order valence-electron chi connectivity index (χ4n) is 5.52. The maximum Gasteiger partial charge on any atom is 0.261 e. The number of rotatable bonds is 6. The highest BCUT2D eigenvalue weighted by atomic mass is 32.2. The zero-order valence-corrected chi connectivity index (χ0v) is 20.8. The van der Waals surface area contributed by atoms with E-state index in [1.807, 2.05) is 12.1 Å². The zero-order chi connectivity index (χ0) is 24.9. The summed E-state index contributed by atoms with van der Waals surface area (Å²) in [6.07, 6.45) is 1.98. The number of sulfonamides is 1. The van der Waals surface area contributed by atoms with Gasteiger partial charge < -0.3 is 14.8 Å². The molecule has 3 heterocycles. The lowest BCUT2D eigenvalue weighted by atomic mass is 9.80. The first kappa shape index (κ1) is 23.1. The van der Waals surface area contributed by atoms with E-state index < -0.39 is 10.0 Å². The molecule has 3 atom stereocenters. The highest BCUT2D eigenvalue weighted by Gasteiger charge is 2.42. The minimum atomic E-state index is -3.86. The van der Waals surface area contributed by atoms with E-state index in [4.69, 9.17) is 9.47 Å². The Labute approximate surface area is 210 Å². The number of Topliss-reactive ketones (excluding diaryl/α,β-unsaturated/α-hetero) is 1. The van der Waals surface area contributed by atoms with Crippen LogP contribution in [0.4, 0.5) is 11.4 Å². The molecule has 2 N–H and O–H groups in total. The first-order chi connectivity index (χ1) is 17.4. The second-order valence-corrected chi connectivity index (χ2v) is 11.2. The number of ether oxygens (including phenoxy) is 2. The number of anilines is 2. The van der Waals surface area contributed by atoms with Gasteiger partial charge in [-0.05, 0) is 60.0 Å². The van der Waals surface area contributed by atoms with Crippen molar-refractivity contribution in [3.63, 3.8) is 0 Å². The molecule has 0 saturated carbocycles. The number of fused-ring (bicyclic) bond motifs is 4. The molecule has 0 aromatic heterocycles. The van der Waals surface area contributed by atoms with E-state index in [0.29, 0.717) is 24.3 Å². The highest BCUT2D eigenvalue weighted by molar-refractivity contribution is 7.92. The first-order valence-electron chi connectivity index (χ1n) is 12.4. The summed E-state index contributed by atoms with van der Waals surface area (Å²) in [5.41, 5.74) is 5.02. The Morgan fingerprint density at radius 2 is 1.97 bits per heavy atom. The van der Waals surface area contributed by atoms with Gasteiger partial charge in [0, 0.05) is 47.9 Å². The number of carbonyl (C=O) groups excluding carboxylic acids is 1. The number of hydrogen-bond acceptors (Lipinski definition) is 6. The third-order valence-electron chi connectivity index (χ3n) is 7.35. The lowest BCUT2D eigenvalue weighted by molar-refractivity contribution is 0.0827. The summed E-state index contributed by atoms with van der Waals surface area (Å²) in [4.78, 5) is 12.2. The molecule has 0 bridgehead atoms.